The Morgan fingerprint density at radius 3 is 3.09 bits per heavy atom. The van der Waals surface area contributed by atoms with E-state index >= 15 is 0 Å². The second-order valence-corrected chi connectivity index (χ2v) is 2.51. The Morgan fingerprint density at radius 1 is 1.64 bits per heavy atom. The van der Waals surface area contributed by atoms with Crippen LogP contribution < -0.4 is 0 Å². The molecule has 58 valence electrons. The van der Waals surface area contributed by atoms with E-state index in [1.54, 1.807) is 6.20 Å². The van der Waals surface area contributed by atoms with Crippen molar-refractivity contribution in [2.45, 2.75) is 19.8 Å². The fraction of sp³-hybridized carbons (Fsp3) is 0.333. The molecule has 0 fully saturated rings. The molecule has 0 aliphatic rings. The summed E-state index contributed by atoms with van der Waals surface area (Å²) in [5.41, 5.74) is 2.38. The van der Waals surface area contributed by atoms with Crippen LogP contribution in [0.25, 0.3) is 0 Å². The van der Waals surface area contributed by atoms with Crippen molar-refractivity contribution in [2.24, 2.45) is 0 Å². The van der Waals surface area contributed by atoms with Crippen LogP contribution in [-0.2, 0) is 11.2 Å². The van der Waals surface area contributed by atoms with Gasteiger partial charge in [-0.25, -0.2) is 0 Å². The molecule has 0 atom stereocenters. The van der Waals surface area contributed by atoms with Crippen molar-refractivity contribution in [2.75, 3.05) is 0 Å². The van der Waals surface area contributed by atoms with Gasteiger partial charge in [0.15, 0.2) is 0 Å². The van der Waals surface area contributed by atoms with Crippen molar-refractivity contribution in [3.8, 4) is 0 Å². The first-order valence-corrected chi connectivity index (χ1v) is 3.67. The minimum Gasteiger partial charge on any atom is -0.303 e. The van der Waals surface area contributed by atoms with Crippen LogP contribution in [-0.4, -0.2) is 11.3 Å². The molecule has 0 aromatic carbocycles. The number of nitrogens with zero attached hydrogens (tertiary/aromatic N) is 1. The normalized spacial score (nSPS) is 9.55. The number of rotatable bonds is 3. The number of pyridine rings is 1. The van der Waals surface area contributed by atoms with Crippen LogP contribution in [0.3, 0.4) is 0 Å². The highest BCUT2D eigenvalue weighted by Gasteiger charge is 1.95. The summed E-state index contributed by atoms with van der Waals surface area (Å²) in [6, 6.07) is 1.96. The van der Waals surface area contributed by atoms with E-state index < -0.39 is 0 Å². The highest BCUT2D eigenvalue weighted by molar-refractivity contribution is 5.50. The quantitative estimate of drug-likeness (QED) is 0.610. The number of aryl methyl sites for hydroxylation is 2. The summed E-state index contributed by atoms with van der Waals surface area (Å²) < 4.78 is 0. The Labute approximate surface area is 66.3 Å². The van der Waals surface area contributed by atoms with E-state index in [0.29, 0.717) is 6.42 Å². The lowest BCUT2D eigenvalue weighted by atomic mass is 10.1. The summed E-state index contributed by atoms with van der Waals surface area (Å²) in [5.74, 6) is 0. The highest BCUT2D eigenvalue weighted by atomic mass is 16.1. The van der Waals surface area contributed by atoms with Crippen molar-refractivity contribution in [1.29, 1.82) is 0 Å². The monoisotopic (exact) mass is 149 g/mol. The van der Waals surface area contributed by atoms with Crippen molar-refractivity contribution >= 4 is 6.29 Å². The van der Waals surface area contributed by atoms with E-state index in [2.05, 4.69) is 4.98 Å². The molecule has 1 heterocycles. The molecule has 0 radical (unpaired) electrons. The molecule has 0 aliphatic heterocycles. The summed E-state index contributed by atoms with van der Waals surface area (Å²) >= 11 is 0. The Hall–Kier alpha value is -1.18. The molecule has 2 heteroatoms. The number of aromatic nitrogens is 1. The topological polar surface area (TPSA) is 30.0 Å². The predicted octanol–water partition coefficient (Wildman–Crippen LogP) is 1.52. The third kappa shape index (κ3) is 2.15. The first kappa shape index (κ1) is 7.92. The van der Waals surface area contributed by atoms with Crippen molar-refractivity contribution in [3.63, 3.8) is 0 Å². The standard InChI is InChI=1S/C9H11NO/c1-8-4-5-10-7-9(8)3-2-6-11/h4-7H,2-3H2,1H3. The largest absolute Gasteiger partial charge is 0.303 e. The van der Waals surface area contributed by atoms with Crippen LogP contribution in [0.5, 0.6) is 0 Å². The van der Waals surface area contributed by atoms with Crippen LogP contribution in [0, 0.1) is 6.92 Å². The van der Waals surface area contributed by atoms with E-state index in [9.17, 15) is 4.79 Å². The zero-order chi connectivity index (χ0) is 8.10. The van der Waals surface area contributed by atoms with Gasteiger partial charge < -0.3 is 4.79 Å². The molecule has 0 spiro atoms. The lowest BCUT2D eigenvalue weighted by Gasteiger charge is -1.99. The van der Waals surface area contributed by atoms with Crippen molar-refractivity contribution < 1.29 is 4.79 Å². The molecule has 0 bridgehead atoms. The molecule has 0 amide bonds. The maximum atomic E-state index is 10.1. The maximum Gasteiger partial charge on any atom is 0.120 e. The van der Waals surface area contributed by atoms with Gasteiger partial charge in [-0.05, 0) is 30.5 Å². The van der Waals surface area contributed by atoms with Gasteiger partial charge in [-0.3, -0.25) is 4.98 Å². The number of hydrogen-bond acceptors (Lipinski definition) is 2. The zero-order valence-corrected chi connectivity index (χ0v) is 6.58. The smallest absolute Gasteiger partial charge is 0.120 e. The number of carbonyl (C=O) groups excluding carboxylic acids is 1. The van der Waals surface area contributed by atoms with Crippen LogP contribution in [0.1, 0.15) is 17.5 Å². The van der Waals surface area contributed by atoms with Crippen LogP contribution >= 0.6 is 0 Å². The van der Waals surface area contributed by atoms with Gasteiger partial charge in [-0.1, -0.05) is 0 Å². The molecule has 11 heavy (non-hydrogen) atoms. The molecule has 0 N–H and O–H groups in total. The second-order valence-electron chi connectivity index (χ2n) is 2.51. The van der Waals surface area contributed by atoms with Crippen LogP contribution in [0.15, 0.2) is 18.5 Å². The van der Waals surface area contributed by atoms with Crippen LogP contribution in [0.4, 0.5) is 0 Å². The molecule has 0 unspecified atom stereocenters. The van der Waals surface area contributed by atoms with Gasteiger partial charge in [-0.2, -0.15) is 0 Å². The summed E-state index contributed by atoms with van der Waals surface area (Å²) in [5, 5.41) is 0. The average molecular weight is 149 g/mol. The first-order chi connectivity index (χ1) is 5.34. The number of hydrogen-bond donors (Lipinski definition) is 0. The molecular formula is C9H11NO. The van der Waals surface area contributed by atoms with E-state index in [0.717, 1.165) is 12.7 Å². The minimum atomic E-state index is 0.590. The summed E-state index contributed by atoms with van der Waals surface area (Å²) in [6.07, 6.45) is 5.92. The van der Waals surface area contributed by atoms with Crippen LogP contribution in [0.2, 0.25) is 0 Å². The summed E-state index contributed by atoms with van der Waals surface area (Å²) in [6.45, 7) is 2.03. The second kappa shape index (κ2) is 3.86. The molecule has 0 saturated heterocycles. The SMILES string of the molecule is Cc1ccncc1CCC=O. The fourth-order valence-electron chi connectivity index (χ4n) is 0.973. The molecule has 0 aliphatic carbocycles. The van der Waals surface area contributed by atoms with E-state index in [-0.39, 0.29) is 0 Å². The summed E-state index contributed by atoms with van der Waals surface area (Å²) in [7, 11) is 0. The van der Waals surface area contributed by atoms with Crippen molar-refractivity contribution in [1.82, 2.24) is 4.98 Å². The fourth-order valence-corrected chi connectivity index (χ4v) is 0.973. The Balaban J connectivity index is 2.69. The lowest BCUT2D eigenvalue weighted by Crippen LogP contribution is -1.90. The average Bonchev–Trinajstić information content (AvgIpc) is 2.03. The van der Waals surface area contributed by atoms with Gasteiger partial charge in [0.05, 0.1) is 0 Å². The Morgan fingerprint density at radius 2 is 2.45 bits per heavy atom. The lowest BCUT2D eigenvalue weighted by molar-refractivity contribution is -0.107. The van der Waals surface area contributed by atoms with E-state index in [4.69, 9.17) is 0 Å². The van der Waals surface area contributed by atoms with Crippen molar-refractivity contribution in [3.05, 3.63) is 29.6 Å². The molecule has 1 aromatic rings. The van der Waals surface area contributed by atoms with E-state index in [1.165, 1.54) is 11.1 Å². The highest BCUT2D eigenvalue weighted by Crippen LogP contribution is 2.06. The van der Waals surface area contributed by atoms with Gasteiger partial charge in [0.1, 0.15) is 6.29 Å². The minimum absolute atomic E-state index is 0.590. The van der Waals surface area contributed by atoms with Gasteiger partial charge in [0, 0.05) is 18.8 Å². The van der Waals surface area contributed by atoms with Gasteiger partial charge in [0.25, 0.3) is 0 Å². The Bertz CT molecular complexity index is 245. The molecule has 0 saturated carbocycles. The third-order valence-electron chi connectivity index (χ3n) is 1.68. The first-order valence-electron chi connectivity index (χ1n) is 3.67. The Kier molecular flexibility index (Phi) is 2.78. The molecule has 1 aromatic heterocycles. The zero-order valence-electron chi connectivity index (χ0n) is 6.58. The van der Waals surface area contributed by atoms with E-state index in [1.807, 2.05) is 19.2 Å². The molecular weight excluding hydrogens is 138 g/mol. The number of carbonyl (C=O) groups is 1. The van der Waals surface area contributed by atoms with Gasteiger partial charge in [-0.15, -0.1) is 0 Å². The number of aldehydes is 1. The molecule has 2 nitrogen and oxygen atoms in total. The summed E-state index contributed by atoms with van der Waals surface area (Å²) in [4.78, 5) is 14.1. The maximum absolute atomic E-state index is 10.1. The molecule has 1 rings (SSSR count). The third-order valence-corrected chi connectivity index (χ3v) is 1.68. The predicted molar refractivity (Wildman–Crippen MR) is 43.4 cm³/mol. The van der Waals surface area contributed by atoms with Gasteiger partial charge in [0.2, 0.25) is 0 Å². The van der Waals surface area contributed by atoms with Gasteiger partial charge >= 0.3 is 0 Å².